The predicted molar refractivity (Wildman–Crippen MR) is 83.8 cm³/mol. The van der Waals surface area contributed by atoms with Gasteiger partial charge in [0.15, 0.2) is 0 Å². The number of hydrogen-bond acceptors (Lipinski definition) is 1. The second-order valence-corrected chi connectivity index (χ2v) is 8.18. The van der Waals surface area contributed by atoms with E-state index < -0.39 is 5.60 Å². The van der Waals surface area contributed by atoms with Gasteiger partial charge in [0.1, 0.15) is 5.60 Å². The van der Waals surface area contributed by atoms with Crippen LogP contribution in [0.1, 0.15) is 62.3 Å². The Kier molecular flexibility index (Phi) is 2.74. The van der Waals surface area contributed by atoms with Crippen molar-refractivity contribution in [2.75, 3.05) is 0 Å². The van der Waals surface area contributed by atoms with Crippen LogP contribution in [-0.2, 0) is 5.60 Å². The number of hydrogen-bond donors (Lipinski definition) is 1. The minimum absolute atomic E-state index is 0.0353. The molecule has 2 saturated carbocycles. The van der Waals surface area contributed by atoms with Crippen LogP contribution in [0.5, 0.6) is 0 Å². The minimum Gasteiger partial charge on any atom is -0.384 e. The zero-order chi connectivity index (χ0) is 14.9. The van der Waals surface area contributed by atoms with Crippen molar-refractivity contribution in [3.63, 3.8) is 0 Å². The molecule has 1 N–H and O–H groups in total. The molecule has 2 bridgehead atoms. The van der Waals surface area contributed by atoms with Gasteiger partial charge in [0, 0.05) is 10.8 Å². The fraction of sp³-hybridized carbons (Fsp3) is 0.684. The quantitative estimate of drug-likeness (QED) is 0.789. The van der Waals surface area contributed by atoms with E-state index in [0.29, 0.717) is 5.92 Å². The number of rotatable bonds is 1. The van der Waals surface area contributed by atoms with Crippen LogP contribution in [0.15, 0.2) is 12.1 Å². The van der Waals surface area contributed by atoms with E-state index >= 15 is 0 Å². The summed E-state index contributed by atoms with van der Waals surface area (Å²) in [6.45, 7) is 13.3. The van der Waals surface area contributed by atoms with Crippen LogP contribution >= 0.6 is 0 Å². The van der Waals surface area contributed by atoms with Crippen molar-refractivity contribution in [3.8, 4) is 0 Å². The SMILES string of the molecule is Cc1cc(C)c(C2(O)C3(C)CCC(C3)C2(C)C)cc1C. The van der Waals surface area contributed by atoms with E-state index in [2.05, 4.69) is 53.7 Å². The van der Waals surface area contributed by atoms with E-state index in [0.717, 1.165) is 6.42 Å². The molecule has 0 saturated heterocycles. The molecular weight excluding hydrogens is 244 g/mol. The maximum Gasteiger partial charge on any atom is 0.101 e. The lowest BCUT2D eigenvalue weighted by atomic mass is 9.57. The van der Waals surface area contributed by atoms with Crippen LogP contribution in [0.4, 0.5) is 0 Å². The second kappa shape index (κ2) is 3.88. The van der Waals surface area contributed by atoms with Crippen molar-refractivity contribution in [1.29, 1.82) is 0 Å². The topological polar surface area (TPSA) is 20.2 Å². The minimum atomic E-state index is -0.689. The van der Waals surface area contributed by atoms with E-state index in [1.807, 2.05) is 0 Å². The fourth-order valence-electron chi connectivity index (χ4n) is 5.28. The van der Waals surface area contributed by atoms with Gasteiger partial charge >= 0.3 is 0 Å². The highest BCUT2D eigenvalue weighted by Crippen LogP contribution is 2.72. The Bertz CT molecular complexity index is 565. The molecule has 3 unspecified atom stereocenters. The smallest absolute Gasteiger partial charge is 0.101 e. The number of aryl methyl sites for hydroxylation is 3. The van der Waals surface area contributed by atoms with Crippen LogP contribution in [0.3, 0.4) is 0 Å². The van der Waals surface area contributed by atoms with E-state index in [1.54, 1.807) is 0 Å². The molecule has 2 fully saturated rings. The van der Waals surface area contributed by atoms with E-state index in [9.17, 15) is 5.11 Å². The van der Waals surface area contributed by atoms with Gasteiger partial charge in [-0.15, -0.1) is 0 Å². The first kappa shape index (κ1) is 14.1. The standard InChI is InChI=1S/C19H28O/c1-12-9-14(3)16(10-13(12)2)19(20)17(4,5)15-7-8-18(19,6)11-15/h9-10,15,20H,7-8,11H2,1-6H3. The Hall–Kier alpha value is -0.820. The molecule has 110 valence electrons. The van der Waals surface area contributed by atoms with Crippen molar-refractivity contribution in [1.82, 2.24) is 0 Å². The first-order valence-corrected chi connectivity index (χ1v) is 7.94. The number of aliphatic hydroxyl groups is 1. The lowest BCUT2D eigenvalue weighted by Gasteiger charge is -2.51. The summed E-state index contributed by atoms with van der Waals surface area (Å²) in [5.41, 5.74) is 4.35. The van der Waals surface area contributed by atoms with Gasteiger partial charge in [-0.2, -0.15) is 0 Å². The normalized spacial score (nSPS) is 38.5. The third-order valence-corrected chi connectivity index (χ3v) is 6.80. The van der Waals surface area contributed by atoms with Crippen molar-refractivity contribution >= 4 is 0 Å². The molecular formula is C19H28O. The van der Waals surface area contributed by atoms with Crippen LogP contribution < -0.4 is 0 Å². The molecule has 3 atom stereocenters. The average molecular weight is 272 g/mol. The van der Waals surface area contributed by atoms with Crippen LogP contribution in [-0.4, -0.2) is 5.11 Å². The molecule has 1 heteroatoms. The zero-order valence-electron chi connectivity index (χ0n) is 13.8. The summed E-state index contributed by atoms with van der Waals surface area (Å²) in [5, 5.41) is 11.8. The maximum atomic E-state index is 11.8. The van der Waals surface area contributed by atoms with E-state index in [-0.39, 0.29) is 10.8 Å². The summed E-state index contributed by atoms with van der Waals surface area (Å²) >= 11 is 0. The fourth-order valence-corrected chi connectivity index (χ4v) is 5.28. The van der Waals surface area contributed by atoms with Crippen molar-refractivity contribution in [3.05, 3.63) is 34.4 Å². The summed E-state index contributed by atoms with van der Waals surface area (Å²) in [6.07, 6.45) is 3.60. The van der Waals surface area contributed by atoms with Gasteiger partial charge in [-0.05, 0) is 68.2 Å². The van der Waals surface area contributed by atoms with Crippen molar-refractivity contribution in [2.45, 2.75) is 66.4 Å². The Labute approximate surface area is 123 Å². The van der Waals surface area contributed by atoms with E-state index in [4.69, 9.17) is 0 Å². The highest BCUT2D eigenvalue weighted by atomic mass is 16.3. The predicted octanol–water partition coefficient (Wildman–Crippen LogP) is 4.65. The Morgan fingerprint density at radius 2 is 1.60 bits per heavy atom. The molecule has 2 aliphatic carbocycles. The molecule has 3 rings (SSSR count). The van der Waals surface area contributed by atoms with Crippen LogP contribution in [0.2, 0.25) is 0 Å². The highest BCUT2D eigenvalue weighted by Gasteiger charge is 2.69. The third kappa shape index (κ3) is 1.43. The van der Waals surface area contributed by atoms with Crippen LogP contribution in [0, 0.1) is 37.5 Å². The Morgan fingerprint density at radius 1 is 1.00 bits per heavy atom. The molecule has 0 spiro atoms. The molecule has 0 radical (unpaired) electrons. The first-order chi connectivity index (χ1) is 9.13. The summed E-state index contributed by atoms with van der Waals surface area (Å²) in [7, 11) is 0. The molecule has 0 aliphatic heterocycles. The van der Waals surface area contributed by atoms with Gasteiger partial charge < -0.3 is 5.11 Å². The summed E-state index contributed by atoms with van der Waals surface area (Å²) in [6, 6.07) is 4.49. The van der Waals surface area contributed by atoms with Crippen LogP contribution in [0.25, 0.3) is 0 Å². The molecule has 1 aromatic rings. The van der Waals surface area contributed by atoms with Gasteiger partial charge in [-0.3, -0.25) is 0 Å². The monoisotopic (exact) mass is 272 g/mol. The third-order valence-electron chi connectivity index (χ3n) is 6.80. The molecule has 0 heterocycles. The lowest BCUT2D eigenvalue weighted by molar-refractivity contribution is -0.151. The van der Waals surface area contributed by atoms with Crippen molar-refractivity contribution in [2.24, 2.45) is 16.7 Å². The molecule has 1 aromatic carbocycles. The van der Waals surface area contributed by atoms with Gasteiger partial charge in [-0.25, -0.2) is 0 Å². The van der Waals surface area contributed by atoms with Gasteiger partial charge in [-0.1, -0.05) is 32.9 Å². The average Bonchev–Trinajstić information content (AvgIpc) is 2.82. The van der Waals surface area contributed by atoms with Gasteiger partial charge in [0.2, 0.25) is 0 Å². The molecule has 0 aromatic heterocycles. The summed E-state index contributed by atoms with van der Waals surface area (Å²) in [5.74, 6) is 0.651. The molecule has 1 nitrogen and oxygen atoms in total. The Morgan fingerprint density at radius 3 is 2.15 bits per heavy atom. The summed E-state index contributed by atoms with van der Waals surface area (Å²) in [4.78, 5) is 0. The largest absolute Gasteiger partial charge is 0.384 e. The second-order valence-electron chi connectivity index (χ2n) is 8.18. The molecule has 0 amide bonds. The van der Waals surface area contributed by atoms with Gasteiger partial charge in [0.05, 0.1) is 0 Å². The number of fused-ring (bicyclic) bond motifs is 2. The first-order valence-electron chi connectivity index (χ1n) is 7.94. The number of benzene rings is 1. The highest BCUT2D eigenvalue weighted by molar-refractivity contribution is 5.44. The lowest BCUT2D eigenvalue weighted by Crippen LogP contribution is -2.51. The molecule has 2 aliphatic rings. The van der Waals surface area contributed by atoms with Crippen molar-refractivity contribution < 1.29 is 5.11 Å². The van der Waals surface area contributed by atoms with E-state index in [1.165, 1.54) is 35.1 Å². The Balaban J connectivity index is 2.25. The zero-order valence-corrected chi connectivity index (χ0v) is 13.8. The maximum absolute atomic E-state index is 11.8. The summed E-state index contributed by atoms with van der Waals surface area (Å²) < 4.78 is 0. The van der Waals surface area contributed by atoms with Gasteiger partial charge in [0.25, 0.3) is 0 Å². The molecule has 20 heavy (non-hydrogen) atoms.